The zero-order valence-electron chi connectivity index (χ0n) is 15.0. The van der Waals surface area contributed by atoms with Crippen molar-refractivity contribution >= 4 is 47.1 Å². The number of carbonyl (C=O) groups is 3. The second-order valence-corrected chi connectivity index (χ2v) is 8.18. The van der Waals surface area contributed by atoms with E-state index < -0.39 is 23.3 Å². The molecule has 0 radical (unpaired) electrons. The van der Waals surface area contributed by atoms with Gasteiger partial charge in [-0.1, -0.05) is 11.2 Å². The quantitative estimate of drug-likeness (QED) is 0.225. The molecule has 1 unspecified atom stereocenters. The molecular weight excluding hydrogens is 401 g/mol. The number of nitrogens with zero attached hydrogens (tertiary/aromatic N) is 2. The van der Waals surface area contributed by atoms with Gasteiger partial charge in [-0.3, -0.25) is 14.5 Å². The van der Waals surface area contributed by atoms with Crippen molar-refractivity contribution < 1.29 is 53.9 Å². The van der Waals surface area contributed by atoms with Gasteiger partial charge in [0.15, 0.2) is 0 Å². The second kappa shape index (κ2) is 9.24. The number of fused-ring (bicyclic) bond motifs is 1. The monoisotopic (exact) mass is 417 g/mol. The van der Waals surface area contributed by atoms with E-state index in [4.69, 9.17) is 0 Å². The number of aliphatic carboxylic acids is 1. The van der Waals surface area contributed by atoms with Gasteiger partial charge in [0.1, 0.15) is 18.5 Å². The van der Waals surface area contributed by atoms with Gasteiger partial charge in [-0.15, -0.1) is 23.1 Å². The molecule has 1 N–H and O–H groups in total. The van der Waals surface area contributed by atoms with Crippen LogP contribution in [0.3, 0.4) is 0 Å². The fraction of sp³-hybridized carbons (Fsp3) is 0.375. The maximum absolute atomic E-state index is 12.5. The number of amides is 2. The molecule has 0 saturated carbocycles. The van der Waals surface area contributed by atoms with Crippen LogP contribution in [0.4, 0.5) is 0 Å². The van der Waals surface area contributed by atoms with Crippen LogP contribution >= 0.6 is 23.1 Å². The van der Waals surface area contributed by atoms with E-state index in [0.29, 0.717) is 5.57 Å². The third kappa shape index (κ3) is 4.40. The van der Waals surface area contributed by atoms with Gasteiger partial charge in [0, 0.05) is 15.7 Å². The Morgan fingerprint density at radius 2 is 2.22 bits per heavy atom. The number of carbonyl (C=O) groups excluding carboxylic acids is 3. The average molecular weight is 417 g/mol. The van der Waals surface area contributed by atoms with E-state index in [0.717, 1.165) is 9.78 Å². The molecule has 3 rings (SSSR count). The molecule has 11 heteroatoms. The summed E-state index contributed by atoms with van der Waals surface area (Å²) in [7, 11) is 1.34. The minimum Gasteiger partial charge on any atom is -0.543 e. The van der Waals surface area contributed by atoms with Crippen molar-refractivity contribution in [2.24, 2.45) is 5.16 Å². The zero-order valence-corrected chi connectivity index (χ0v) is 18.6. The number of thiophene rings is 1. The first-order valence-corrected chi connectivity index (χ1v) is 9.58. The first-order chi connectivity index (χ1) is 12.4. The number of nitrogens with one attached hydrogen (secondary N) is 1. The van der Waals surface area contributed by atoms with Gasteiger partial charge in [-0.2, -0.15) is 0 Å². The standard InChI is InChI=1S/C16H17N3O5S2.Na/c1-8-10(7-17-24-2)13(16(22)23)19-14(21)12(15(19)26-8)18-11(20)6-9-4-3-5-25-9;/h3-5,7-8,12,15H,6H2,1-2H3,(H,18,20)(H,22,23);/q;+1/p-1/b17-7+;/t8-,12?,15-;/m1./s1. The van der Waals surface area contributed by atoms with Crippen molar-refractivity contribution in [3.8, 4) is 0 Å². The molecule has 3 heterocycles. The van der Waals surface area contributed by atoms with Crippen molar-refractivity contribution in [3.05, 3.63) is 33.7 Å². The number of carboxylic acids is 1. The van der Waals surface area contributed by atoms with E-state index in [2.05, 4.69) is 15.3 Å². The maximum atomic E-state index is 12.5. The van der Waals surface area contributed by atoms with Crippen LogP contribution in [0.5, 0.6) is 0 Å². The SMILES string of the molecule is CO/N=C/C1=C(C(=O)[O-])N2C(=O)C(NC(=O)Cc3cccs3)[C@H]2S[C@@H]1C.[Na+]. The molecule has 8 nitrogen and oxygen atoms in total. The second-order valence-electron chi connectivity index (χ2n) is 5.69. The van der Waals surface area contributed by atoms with Gasteiger partial charge in [0.25, 0.3) is 5.91 Å². The molecule has 27 heavy (non-hydrogen) atoms. The van der Waals surface area contributed by atoms with Crippen LogP contribution in [0.2, 0.25) is 0 Å². The molecule has 0 aliphatic carbocycles. The van der Waals surface area contributed by atoms with Crippen LogP contribution in [0.15, 0.2) is 33.9 Å². The van der Waals surface area contributed by atoms with Crippen molar-refractivity contribution in [2.45, 2.75) is 30.0 Å². The number of β-lactam (4-membered cyclic amide) rings is 1. The van der Waals surface area contributed by atoms with Gasteiger partial charge in [0.05, 0.1) is 24.3 Å². The molecule has 2 amide bonds. The molecule has 2 aliphatic heterocycles. The molecule has 138 valence electrons. The molecule has 1 aromatic rings. The average Bonchev–Trinajstić information content (AvgIpc) is 3.10. The van der Waals surface area contributed by atoms with Crippen molar-refractivity contribution in [1.82, 2.24) is 10.2 Å². The van der Waals surface area contributed by atoms with Crippen LogP contribution in [0.25, 0.3) is 0 Å². The summed E-state index contributed by atoms with van der Waals surface area (Å²) in [5.74, 6) is -2.21. The number of hydrogen-bond donors (Lipinski definition) is 1. The Bertz CT molecular complexity index is 796. The van der Waals surface area contributed by atoms with Gasteiger partial charge >= 0.3 is 29.6 Å². The number of oxime groups is 1. The molecule has 0 spiro atoms. The molecule has 0 bridgehead atoms. The summed E-state index contributed by atoms with van der Waals surface area (Å²) >= 11 is 2.83. The number of carboxylic acid groups (broad SMARTS) is 1. The summed E-state index contributed by atoms with van der Waals surface area (Å²) in [5, 5.41) is 19.0. The van der Waals surface area contributed by atoms with E-state index >= 15 is 0 Å². The third-order valence-electron chi connectivity index (χ3n) is 4.06. The molecule has 3 atom stereocenters. The Hall–Kier alpha value is -1.33. The van der Waals surface area contributed by atoms with E-state index in [1.807, 2.05) is 17.5 Å². The molecule has 0 aromatic carbocycles. The summed E-state index contributed by atoms with van der Waals surface area (Å²) in [4.78, 5) is 42.9. The Labute approximate surface area is 186 Å². The predicted molar refractivity (Wildman–Crippen MR) is 95.2 cm³/mol. The predicted octanol–water partition coefficient (Wildman–Crippen LogP) is -3.28. The van der Waals surface area contributed by atoms with Gasteiger partial charge in [0.2, 0.25) is 5.91 Å². The topological polar surface area (TPSA) is 111 Å². The zero-order chi connectivity index (χ0) is 18.8. The van der Waals surface area contributed by atoms with Gasteiger partial charge < -0.3 is 20.1 Å². The molecule has 1 aromatic heterocycles. The van der Waals surface area contributed by atoms with Crippen molar-refractivity contribution in [1.29, 1.82) is 0 Å². The third-order valence-corrected chi connectivity index (χ3v) is 6.36. The van der Waals surface area contributed by atoms with Crippen LogP contribution < -0.4 is 40.0 Å². The molecule has 1 fully saturated rings. The summed E-state index contributed by atoms with van der Waals surface area (Å²) in [6, 6.07) is 2.93. The minimum atomic E-state index is -1.46. The Balaban J connectivity index is 0.00000261. The summed E-state index contributed by atoms with van der Waals surface area (Å²) in [6.07, 6.45) is 1.46. The van der Waals surface area contributed by atoms with Gasteiger partial charge in [-0.05, 0) is 18.4 Å². The van der Waals surface area contributed by atoms with E-state index in [1.165, 1.54) is 36.4 Å². The largest absolute Gasteiger partial charge is 1.00 e. The Kier molecular flexibility index (Phi) is 7.52. The maximum Gasteiger partial charge on any atom is 1.00 e. The molecular formula is C16H16N3NaO5S2. The van der Waals surface area contributed by atoms with E-state index in [9.17, 15) is 19.5 Å². The summed E-state index contributed by atoms with van der Waals surface area (Å²) < 4.78 is 0. The summed E-state index contributed by atoms with van der Waals surface area (Å²) in [6.45, 7) is 1.80. The van der Waals surface area contributed by atoms with Crippen LogP contribution in [0, 0.1) is 0 Å². The van der Waals surface area contributed by atoms with Crippen molar-refractivity contribution in [3.63, 3.8) is 0 Å². The van der Waals surface area contributed by atoms with Crippen LogP contribution in [-0.2, 0) is 25.6 Å². The van der Waals surface area contributed by atoms with Crippen LogP contribution in [-0.4, -0.2) is 52.7 Å². The van der Waals surface area contributed by atoms with Crippen molar-refractivity contribution in [2.75, 3.05) is 7.11 Å². The molecule has 2 aliphatic rings. The summed E-state index contributed by atoms with van der Waals surface area (Å²) in [5.41, 5.74) is 0.112. The van der Waals surface area contributed by atoms with E-state index in [-0.39, 0.29) is 52.8 Å². The first-order valence-electron chi connectivity index (χ1n) is 7.76. The molecule has 1 saturated heterocycles. The smallest absolute Gasteiger partial charge is 0.543 e. The fourth-order valence-corrected chi connectivity index (χ4v) is 4.99. The number of rotatable bonds is 6. The normalized spacial score (nSPS) is 24.1. The Morgan fingerprint density at radius 3 is 2.81 bits per heavy atom. The number of hydrogen-bond acceptors (Lipinski definition) is 8. The first kappa shape index (κ1) is 22.0. The van der Waals surface area contributed by atoms with Gasteiger partial charge in [-0.25, -0.2) is 0 Å². The van der Waals surface area contributed by atoms with Crippen LogP contribution in [0.1, 0.15) is 11.8 Å². The minimum absolute atomic E-state index is 0. The van der Waals surface area contributed by atoms with E-state index in [1.54, 1.807) is 6.92 Å². The number of thioether (sulfide) groups is 1. The Morgan fingerprint density at radius 1 is 1.48 bits per heavy atom. The fourth-order valence-electron chi connectivity index (χ4n) is 2.88.